The van der Waals surface area contributed by atoms with E-state index in [1.807, 2.05) is 13.0 Å². The Morgan fingerprint density at radius 3 is 2.31 bits per heavy atom. The van der Waals surface area contributed by atoms with E-state index in [2.05, 4.69) is 15.6 Å². The van der Waals surface area contributed by atoms with Gasteiger partial charge < -0.3 is 14.0 Å². The Bertz CT molecular complexity index is 1640. The van der Waals surface area contributed by atoms with E-state index in [9.17, 15) is 13.2 Å². The Kier molecular flexibility index (Phi) is 7.15. The van der Waals surface area contributed by atoms with Gasteiger partial charge in [-0.1, -0.05) is 35.0 Å². The molecule has 4 rings (SSSR count). The lowest BCUT2D eigenvalue weighted by Gasteiger charge is -2.08. The number of rotatable bonds is 7. The molecule has 0 aliphatic rings. The molecule has 10 heteroatoms. The SMILES string of the molecule is C#CCn1c(=NC(=O)c2ccc(NS(=O)(=O)c3ccc(C)cc3)cc2)sc2cc(OC)c(OC)cc21. The molecule has 1 N–H and O–H groups in total. The number of methoxy groups -OCH3 is 2. The van der Waals surface area contributed by atoms with E-state index in [4.69, 9.17) is 15.9 Å². The van der Waals surface area contributed by atoms with E-state index < -0.39 is 15.9 Å². The number of hydrogen-bond donors (Lipinski definition) is 1. The van der Waals surface area contributed by atoms with E-state index in [0.29, 0.717) is 27.6 Å². The first kappa shape index (κ1) is 25.0. The van der Waals surface area contributed by atoms with E-state index in [0.717, 1.165) is 15.8 Å². The number of aryl methyl sites for hydroxylation is 1. The minimum absolute atomic E-state index is 0.152. The number of ether oxygens (including phenoxy) is 2. The van der Waals surface area contributed by atoms with Gasteiger partial charge in [0.2, 0.25) is 0 Å². The van der Waals surface area contributed by atoms with Gasteiger partial charge in [-0.3, -0.25) is 9.52 Å². The molecule has 36 heavy (non-hydrogen) atoms. The summed E-state index contributed by atoms with van der Waals surface area (Å²) in [6, 6.07) is 16.2. The minimum Gasteiger partial charge on any atom is -0.493 e. The van der Waals surface area contributed by atoms with Gasteiger partial charge >= 0.3 is 0 Å². The molecule has 3 aromatic carbocycles. The van der Waals surface area contributed by atoms with Crippen LogP contribution < -0.4 is 19.0 Å². The first-order valence-corrected chi connectivity index (χ1v) is 13.0. The number of nitrogens with zero attached hydrogens (tertiary/aromatic N) is 2. The van der Waals surface area contributed by atoms with Crippen LogP contribution in [0.2, 0.25) is 0 Å². The topological polar surface area (TPSA) is 99.0 Å². The molecule has 184 valence electrons. The number of carbonyl (C=O) groups is 1. The monoisotopic (exact) mass is 521 g/mol. The number of fused-ring (bicyclic) bond motifs is 1. The number of amides is 1. The highest BCUT2D eigenvalue weighted by atomic mass is 32.2. The molecule has 1 amide bonds. The number of aromatic nitrogens is 1. The maximum absolute atomic E-state index is 12.9. The highest BCUT2D eigenvalue weighted by Crippen LogP contribution is 2.33. The molecule has 0 saturated heterocycles. The number of nitrogens with one attached hydrogen (secondary N) is 1. The second-order valence-corrected chi connectivity index (χ2v) is 10.5. The Morgan fingerprint density at radius 1 is 1.06 bits per heavy atom. The number of anilines is 1. The Morgan fingerprint density at radius 2 is 1.69 bits per heavy atom. The van der Waals surface area contributed by atoms with Gasteiger partial charge in [0.1, 0.15) is 0 Å². The van der Waals surface area contributed by atoms with Crippen LogP contribution in [0, 0.1) is 19.3 Å². The second kappa shape index (κ2) is 10.3. The maximum atomic E-state index is 12.9. The molecule has 1 aromatic heterocycles. The highest BCUT2D eigenvalue weighted by Gasteiger charge is 2.16. The minimum atomic E-state index is -3.75. The van der Waals surface area contributed by atoms with Crippen LogP contribution >= 0.6 is 11.3 Å². The zero-order chi connectivity index (χ0) is 25.9. The van der Waals surface area contributed by atoms with Crippen LogP contribution in [0.25, 0.3) is 10.2 Å². The smallest absolute Gasteiger partial charge is 0.279 e. The molecule has 0 atom stereocenters. The fourth-order valence-electron chi connectivity index (χ4n) is 3.49. The molecular weight excluding hydrogens is 498 g/mol. The molecule has 0 aliphatic carbocycles. The molecule has 0 bridgehead atoms. The fraction of sp³-hybridized carbons (Fsp3) is 0.154. The van der Waals surface area contributed by atoms with E-state index in [-0.39, 0.29) is 11.4 Å². The van der Waals surface area contributed by atoms with Crippen LogP contribution in [0.3, 0.4) is 0 Å². The molecule has 0 unspecified atom stereocenters. The third kappa shape index (κ3) is 5.12. The lowest BCUT2D eigenvalue weighted by Crippen LogP contribution is -2.16. The summed E-state index contributed by atoms with van der Waals surface area (Å²) in [5.74, 6) is 3.20. The van der Waals surface area contributed by atoms with Crippen molar-refractivity contribution in [3.05, 3.63) is 76.6 Å². The Balaban J connectivity index is 1.64. The van der Waals surface area contributed by atoms with E-state index in [1.54, 1.807) is 37.0 Å². The first-order valence-electron chi connectivity index (χ1n) is 10.7. The lowest BCUT2D eigenvalue weighted by molar-refractivity contribution is 0.0998. The van der Waals surface area contributed by atoms with Gasteiger partial charge in [0.25, 0.3) is 15.9 Å². The quantitative estimate of drug-likeness (QED) is 0.368. The largest absolute Gasteiger partial charge is 0.493 e. The predicted octanol–water partition coefficient (Wildman–Crippen LogP) is 4.20. The van der Waals surface area contributed by atoms with Crippen LogP contribution in [0.15, 0.2) is 70.6 Å². The van der Waals surface area contributed by atoms with Crippen LogP contribution in [0.1, 0.15) is 15.9 Å². The molecule has 0 radical (unpaired) electrons. The van der Waals surface area contributed by atoms with Crippen molar-refractivity contribution < 1.29 is 22.7 Å². The summed E-state index contributed by atoms with van der Waals surface area (Å²) in [6.45, 7) is 2.09. The fourth-order valence-corrected chi connectivity index (χ4v) is 5.59. The maximum Gasteiger partial charge on any atom is 0.279 e. The van der Waals surface area contributed by atoms with Crippen molar-refractivity contribution in [3.8, 4) is 23.8 Å². The summed E-state index contributed by atoms with van der Waals surface area (Å²) in [6.07, 6.45) is 5.56. The summed E-state index contributed by atoms with van der Waals surface area (Å²) in [7, 11) is -0.659. The van der Waals surface area contributed by atoms with Gasteiger partial charge in [-0.2, -0.15) is 4.99 Å². The summed E-state index contributed by atoms with van der Waals surface area (Å²) in [5, 5.41) is 0. The van der Waals surface area contributed by atoms with Crippen molar-refractivity contribution in [2.24, 2.45) is 4.99 Å². The molecule has 1 heterocycles. The van der Waals surface area contributed by atoms with Crippen molar-refractivity contribution in [1.82, 2.24) is 4.57 Å². The third-order valence-corrected chi connectivity index (χ3v) is 7.79. The van der Waals surface area contributed by atoms with Crippen LogP contribution in [-0.4, -0.2) is 33.1 Å². The van der Waals surface area contributed by atoms with Crippen molar-refractivity contribution in [3.63, 3.8) is 0 Å². The summed E-state index contributed by atoms with van der Waals surface area (Å²) >= 11 is 1.30. The van der Waals surface area contributed by atoms with Crippen molar-refractivity contribution in [2.45, 2.75) is 18.4 Å². The molecule has 0 spiro atoms. The number of sulfonamides is 1. The molecule has 0 aliphatic heterocycles. The van der Waals surface area contributed by atoms with Gasteiger partial charge in [0.15, 0.2) is 16.3 Å². The van der Waals surface area contributed by atoms with Crippen LogP contribution in [0.5, 0.6) is 11.5 Å². The van der Waals surface area contributed by atoms with Crippen LogP contribution in [0.4, 0.5) is 5.69 Å². The number of thiazole rings is 1. The number of terminal acetylenes is 1. The number of hydrogen-bond acceptors (Lipinski definition) is 6. The number of benzene rings is 3. The first-order chi connectivity index (χ1) is 17.2. The average molecular weight is 522 g/mol. The normalized spacial score (nSPS) is 11.8. The third-order valence-electron chi connectivity index (χ3n) is 5.35. The number of carbonyl (C=O) groups excluding carboxylic acids is 1. The molecule has 0 fully saturated rings. The zero-order valence-corrected chi connectivity index (χ0v) is 21.4. The second-order valence-electron chi connectivity index (χ2n) is 7.76. The van der Waals surface area contributed by atoms with Gasteiger partial charge in [-0.15, -0.1) is 6.42 Å². The molecule has 4 aromatic rings. The summed E-state index contributed by atoms with van der Waals surface area (Å²) in [4.78, 5) is 17.8. The lowest BCUT2D eigenvalue weighted by atomic mass is 10.2. The summed E-state index contributed by atoms with van der Waals surface area (Å²) in [5.41, 5.74) is 2.35. The Hall–Kier alpha value is -4.07. The van der Waals surface area contributed by atoms with Crippen molar-refractivity contribution in [2.75, 3.05) is 18.9 Å². The summed E-state index contributed by atoms with van der Waals surface area (Å²) < 4.78 is 41.1. The van der Waals surface area contributed by atoms with Gasteiger partial charge in [0, 0.05) is 23.4 Å². The molecular formula is C26H23N3O5S2. The highest BCUT2D eigenvalue weighted by molar-refractivity contribution is 7.92. The van der Waals surface area contributed by atoms with Crippen molar-refractivity contribution in [1.29, 1.82) is 0 Å². The van der Waals surface area contributed by atoms with Gasteiger partial charge in [-0.05, 0) is 43.3 Å². The van der Waals surface area contributed by atoms with E-state index >= 15 is 0 Å². The molecule has 8 nitrogen and oxygen atoms in total. The van der Waals surface area contributed by atoms with E-state index in [1.165, 1.54) is 47.7 Å². The molecule has 0 saturated carbocycles. The Labute approximate surface area is 212 Å². The standard InChI is InChI=1S/C26H23N3O5S2/c1-5-14-29-21-15-22(33-3)23(34-4)16-24(21)35-26(29)27-25(30)18-8-10-19(11-9-18)28-36(31,32)20-12-6-17(2)7-13-20/h1,6-13,15-16,28H,14H2,2-4H3. The van der Waals surface area contributed by atoms with Gasteiger partial charge in [0.05, 0.1) is 35.9 Å². The predicted molar refractivity (Wildman–Crippen MR) is 140 cm³/mol. The zero-order valence-electron chi connectivity index (χ0n) is 19.8. The van der Waals surface area contributed by atoms with Crippen LogP contribution in [-0.2, 0) is 16.6 Å². The average Bonchev–Trinajstić information content (AvgIpc) is 3.19. The van der Waals surface area contributed by atoms with Crippen molar-refractivity contribution >= 4 is 43.2 Å². The van der Waals surface area contributed by atoms with Gasteiger partial charge in [-0.25, -0.2) is 8.42 Å².